The van der Waals surface area contributed by atoms with Gasteiger partial charge in [-0.25, -0.2) is 19.9 Å². The molecule has 0 bridgehead atoms. The van der Waals surface area contributed by atoms with E-state index in [1.54, 1.807) is 6.33 Å². The van der Waals surface area contributed by atoms with E-state index in [0.29, 0.717) is 0 Å². The second-order valence-electron chi connectivity index (χ2n) is 5.77. The van der Waals surface area contributed by atoms with Crippen molar-refractivity contribution in [2.75, 3.05) is 18.5 Å². The Morgan fingerprint density at radius 2 is 2.04 bits per heavy atom. The fourth-order valence-corrected chi connectivity index (χ4v) is 2.88. The van der Waals surface area contributed by atoms with Gasteiger partial charge in [0.2, 0.25) is 0 Å². The molecule has 0 fully saturated rings. The summed E-state index contributed by atoms with van der Waals surface area (Å²) in [5.41, 5.74) is 3.78. The fourth-order valence-electron chi connectivity index (χ4n) is 2.88. The second kappa shape index (κ2) is 5.92. The quantitative estimate of drug-likeness (QED) is 0.611. The van der Waals surface area contributed by atoms with Crippen LogP contribution in [0.2, 0.25) is 0 Å². The van der Waals surface area contributed by atoms with E-state index in [2.05, 4.69) is 36.7 Å². The van der Waals surface area contributed by atoms with Crippen molar-refractivity contribution in [3.8, 4) is 0 Å². The minimum Gasteiger partial charge on any atom is -0.357 e. The maximum Gasteiger partial charge on any atom is 0.165 e. The number of H-pyrrole nitrogens is 1. The Bertz CT molecular complexity index is 952. The molecule has 4 aromatic rings. The third-order valence-corrected chi connectivity index (χ3v) is 4.21. The number of nitrogens with one attached hydrogen (secondary N) is 1. The van der Waals surface area contributed by atoms with Gasteiger partial charge in [-0.1, -0.05) is 12.1 Å². The molecule has 4 rings (SSSR count). The van der Waals surface area contributed by atoms with Crippen molar-refractivity contribution in [2.45, 2.75) is 19.9 Å². The number of imidazole rings is 2. The molecular weight excluding hydrogens is 302 g/mol. The smallest absolute Gasteiger partial charge is 0.165 e. The van der Waals surface area contributed by atoms with Crippen molar-refractivity contribution in [3.05, 3.63) is 42.7 Å². The zero-order chi connectivity index (χ0) is 16.5. The van der Waals surface area contributed by atoms with E-state index in [-0.39, 0.29) is 0 Å². The molecule has 0 saturated heterocycles. The predicted octanol–water partition coefficient (Wildman–Crippen LogP) is 2.40. The van der Waals surface area contributed by atoms with Crippen molar-refractivity contribution in [1.82, 2.24) is 29.5 Å². The van der Waals surface area contributed by atoms with Crippen LogP contribution in [-0.2, 0) is 13.0 Å². The average molecular weight is 321 g/mol. The first-order chi connectivity index (χ1) is 11.8. The molecule has 0 aliphatic heterocycles. The molecule has 24 heavy (non-hydrogen) atoms. The molecule has 7 heteroatoms. The Kier molecular flexibility index (Phi) is 3.60. The number of aromatic nitrogens is 6. The van der Waals surface area contributed by atoms with E-state index in [0.717, 1.165) is 53.3 Å². The van der Waals surface area contributed by atoms with Gasteiger partial charge in [-0.15, -0.1) is 0 Å². The molecule has 0 saturated carbocycles. The number of likely N-dealkylation sites (N-methyl/N-ethyl adjacent to an activating group) is 1. The minimum atomic E-state index is 0.797. The maximum absolute atomic E-state index is 4.62. The lowest BCUT2D eigenvalue weighted by Crippen LogP contribution is -2.22. The summed E-state index contributed by atoms with van der Waals surface area (Å²) in [6, 6.07) is 8.07. The van der Waals surface area contributed by atoms with Gasteiger partial charge >= 0.3 is 0 Å². The van der Waals surface area contributed by atoms with E-state index in [1.165, 1.54) is 0 Å². The van der Waals surface area contributed by atoms with Gasteiger partial charge in [-0.3, -0.25) is 0 Å². The van der Waals surface area contributed by atoms with Gasteiger partial charge in [0.15, 0.2) is 17.0 Å². The summed E-state index contributed by atoms with van der Waals surface area (Å²) >= 11 is 0. The van der Waals surface area contributed by atoms with Crippen LogP contribution in [-0.4, -0.2) is 43.1 Å². The number of hydrogen-bond donors (Lipinski definition) is 1. The van der Waals surface area contributed by atoms with Crippen LogP contribution in [0.4, 0.5) is 5.82 Å². The number of aromatic amines is 1. The van der Waals surface area contributed by atoms with Crippen molar-refractivity contribution in [2.24, 2.45) is 0 Å². The fraction of sp³-hybridized carbons (Fsp3) is 0.294. The van der Waals surface area contributed by atoms with Gasteiger partial charge in [0.1, 0.15) is 12.2 Å². The molecule has 1 N–H and O–H groups in total. The number of aryl methyl sites for hydroxylation is 1. The summed E-state index contributed by atoms with van der Waals surface area (Å²) in [5.74, 6) is 1.83. The Morgan fingerprint density at radius 1 is 1.17 bits per heavy atom. The molecule has 3 aromatic heterocycles. The first kappa shape index (κ1) is 14.6. The number of rotatable bonds is 5. The van der Waals surface area contributed by atoms with Crippen molar-refractivity contribution in [1.29, 1.82) is 0 Å². The van der Waals surface area contributed by atoms with Gasteiger partial charge in [0, 0.05) is 26.6 Å². The standard InChI is InChI=1S/C17H19N7/c1-3-24-11-20-15-16(18-10-19-17(15)24)23(2)9-8-14-21-12-6-4-5-7-13(12)22-14/h4-7,10-11H,3,8-9H2,1-2H3,(H,21,22). The third kappa shape index (κ3) is 2.47. The molecule has 0 unspecified atom stereocenters. The van der Waals surface area contributed by atoms with Crippen LogP contribution < -0.4 is 4.90 Å². The van der Waals surface area contributed by atoms with Gasteiger partial charge in [-0.05, 0) is 19.1 Å². The van der Waals surface area contributed by atoms with Gasteiger partial charge < -0.3 is 14.5 Å². The number of benzene rings is 1. The van der Waals surface area contributed by atoms with Crippen molar-refractivity contribution >= 4 is 28.0 Å². The summed E-state index contributed by atoms with van der Waals surface area (Å²) in [4.78, 5) is 23.3. The lowest BCUT2D eigenvalue weighted by molar-refractivity contribution is 0.776. The van der Waals surface area contributed by atoms with E-state index in [9.17, 15) is 0 Å². The molecule has 0 atom stereocenters. The van der Waals surface area contributed by atoms with Crippen molar-refractivity contribution in [3.63, 3.8) is 0 Å². The summed E-state index contributed by atoms with van der Waals surface area (Å²) in [5, 5.41) is 0. The molecule has 122 valence electrons. The monoisotopic (exact) mass is 321 g/mol. The normalized spacial score (nSPS) is 11.4. The summed E-state index contributed by atoms with van der Waals surface area (Å²) in [7, 11) is 2.02. The molecule has 0 aliphatic rings. The van der Waals surface area contributed by atoms with Crippen LogP contribution in [0.25, 0.3) is 22.2 Å². The Morgan fingerprint density at radius 3 is 2.88 bits per heavy atom. The molecule has 0 amide bonds. The number of fused-ring (bicyclic) bond motifs is 2. The van der Waals surface area contributed by atoms with Gasteiger partial charge in [-0.2, -0.15) is 0 Å². The lowest BCUT2D eigenvalue weighted by atomic mass is 10.3. The van der Waals surface area contributed by atoms with E-state index >= 15 is 0 Å². The van der Waals surface area contributed by atoms with Crippen LogP contribution in [0.15, 0.2) is 36.9 Å². The molecule has 3 heterocycles. The molecule has 0 spiro atoms. The second-order valence-corrected chi connectivity index (χ2v) is 5.77. The predicted molar refractivity (Wildman–Crippen MR) is 94.1 cm³/mol. The summed E-state index contributed by atoms with van der Waals surface area (Å²) in [6.45, 7) is 3.72. The number of anilines is 1. The molecule has 0 radical (unpaired) electrons. The molecule has 0 aliphatic carbocycles. The Balaban J connectivity index is 1.55. The van der Waals surface area contributed by atoms with Gasteiger partial charge in [0.05, 0.1) is 17.4 Å². The number of hydrogen-bond acceptors (Lipinski definition) is 5. The molecule has 1 aromatic carbocycles. The first-order valence-electron chi connectivity index (χ1n) is 8.07. The first-order valence-corrected chi connectivity index (χ1v) is 8.07. The van der Waals surface area contributed by atoms with Crippen LogP contribution in [0.1, 0.15) is 12.7 Å². The third-order valence-electron chi connectivity index (χ3n) is 4.21. The van der Waals surface area contributed by atoms with E-state index in [1.807, 2.05) is 42.2 Å². The lowest BCUT2D eigenvalue weighted by Gasteiger charge is -2.17. The van der Waals surface area contributed by atoms with Crippen LogP contribution in [0.5, 0.6) is 0 Å². The Labute approximate surface area is 139 Å². The highest BCUT2D eigenvalue weighted by molar-refractivity contribution is 5.83. The van der Waals surface area contributed by atoms with Crippen LogP contribution in [0.3, 0.4) is 0 Å². The molecule has 7 nitrogen and oxygen atoms in total. The van der Waals surface area contributed by atoms with E-state index < -0.39 is 0 Å². The number of para-hydroxylation sites is 2. The van der Waals surface area contributed by atoms with E-state index in [4.69, 9.17) is 0 Å². The van der Waals surface area contributed by atoms with Gasteiger partial charge in [0.25, 0.3) is 0 Å². The molecular formula is C17H19N7. The zero-order valence-corrected chi connectivity index (χ0v) is 13.8. The number of nitrogens with zero attached hydrogens (tertiary/aromatic N) is 6. The largest absolute Gasteiger partial charge is 0.357 e. The topological polar surface area (TPSA) is 75.5 Å². The van der Waals surface area contributed by atoms with Crippen molar-refractivity contribution < 1.29 is 0 Å². The average Bonchev–Trinajstić information content (AvgIpc) is 3.22. The van der Waals surface area contributed by atoms with Crippen LogP contribution >= 0.6 is 0 Å². The Hall–Kier alpha value is -2.96. The maximum atomic E-state index is 4.62. The summed E-state index contributed by atoms with van der Waals surface area (Å²) < 4.78 is 2.02. The minimum absolute atomic E-state index is 0.797. The SMILES string of the molecule is CCn1cnc2c(N(C)CCc3nc4ccccc4[nH]3)ncnc21. The zero-order valence-electron chi connectivity index (χ0n) is 13.8. The highest BCUT2D eigenvalue weighted by Gasteiger charge is 2.13. The highest BCUT2D eigenvalue weighted by Crippen LogP contribution is 2.20. The van der Waals surface area contributed by atoms with Crippen LogP contribution in [0, 0.1) is 0 Å². The summed E-state index contributed by atoms with van der Waals surface area (Å²) in [6.07, 6.45) is 4.23. The highest BCUT2D eigenvalue weighted by atomic mass is 15.2.